The predicted molar refractivity (Wildman–Crippen MR) is 78.3 cm³/mol. The summed E-state index contributed by atoms with van der Waals surface area (Å²) in [7, 11) is 0. The Morgan fingerprint density at radius 1 is 1.33 bits per heavy atom. The van der Waals surface area contributed by atoms with Gasteiger partial charge in [-0.05, 0) is 30.9 Å². The van der Waals surface area contributed by atoms with Gasteiger partial charge < -0.3 is 10.3 Å². The predicted octanol–water partition coefficient (Wildman–Crippen LogP) is 4.02. The van der Waals surface area contributed by atoms with Crippen LogP contribution in [-0.2, 0) is 0 Å². The van der Waals surface area contributed by atoms with E-state index in [4.69, 9.17) is 11.6 Å². The molecule has 0 saturated heterocycles. The molecule has 0 amide bonds. The number of halogens is 1. The first kappa shape index (κ1) is 13.2. The van der Waals surface area contributed by atoms with Crippen molar-refractivity contribution in [3.63, 3.8) is 0 Å². The molecule has 1 heterocycles. The number of benzene rings is 1. The molecule has 0 bridgehead atoms. The van der Waals surface area contributed by atoms with E-state index in [-0.39, 0.29) is 0 Å². The van der Waals surface area contributed by atoms with Gasteiger partial charge in [-0.1, -0.05) is 25.5 Å². The summed E-state index contributed by atoms with van der Waals surface area (Å²) in [6.07, 6.45) is 3.46. The van der Waals surface area contributed by atoms with Gasteiger partial charge in [0.15, 0.2) is 0 Å². The van der Waals surface area contributed by atoms with Gasteiger partial charge >= 0.3 is 0 Å². The highest BCUT2D eigenvalue weighted by Gasteiger charge is 2.08. The first-order valence-corrected chi connectivity index (χ1v) is 7.11. The monoisotopic (exact) mass is 265 g/mol. The minimum absolute atomic E-state index is 0.626. The van der Waals surface area contributed by atoms with E-state index in [0.717, 1.165) is 35.8 Å². The summed E-state index contributed by atoms with van der Waals surface area (Å²) < 4.78 is 0. The summed E-state index contributed by atoms with van der Waals surface area (Å²) in [5.41, 5.74) is 2.08. The topological polar surface area (TPSA) is 40.7 Å². The molecule has 0 aliphatic heterocycles. The SMILES string of the molecule is CCCC(CCCl)CNc1nc2ccccc2[nH]1. The Bertz CT molecular complexity index is 442. The van der Waals surface area contributed by atoms with Crippen molar-refractivity contribution in [3.8, 4) is 0 Å². The second-order valence-corrected chi connectivity index (χ2v) is 4.99. The van der Waals surface area contributed by atoms with Gasteiger partial charge in [-0.2, -0.15) is 0 Å². The van der Waals surface area contributed by atoms with Crippen LogP contribution >= 0.6 is 11.6 Å². The third kappa shape index (κ3) is 3.39. The minimum Gasteiger partial charge on any atom is -0.356 e. The zero-order valence-corrected chi connectivity index (χ0v) is 11.5. The Morgan fingerprint density at radius 2 is 2.17 bits per heavy atom. The van der Waals surface area contributed by atoms with Crippen molar-refractivity contribution in [3.05, 3.63) is 24.3 Å². The number of aromatic amines is 1. The van der Waals surface area contributed by atoms with Gasteiger partial charge in [-0.25, -0.2) is 4.98 Å². The van der Waals surface area contributed by atoms with Gasteiger partial charge in [0, 0.05) is 12.4 Å². The van der Waals surface area contributed by atoms with Gasteiger partial charge in [0.25, 0.3) is 0 Å². The number of H-pyrrole nitrogens is 1. The number of imidazole rings is 1. The standard InChI is InChI=1S/C14H20ClN3/c1-2-5-11(8-9-15)10-16-14-17-12-6-3-4-7-13(12)18-14/h3-4,6-7,11H,2,5,8-10H2,1H3,(H2,16,17,18). The first-order chi connectivity index (χ1) is 8.83. The summed E-state index contributed by atoms with van der Waals surface area (Å²) in [5.74, 6) is 2.21. The van der Waals surface area contributed by atoms with Gasteiger partial charge in [-0.15, -0.1) is 11.6 Å². The molecule has 18 heavy (non-hydrogen) atoms. The van der Waals surface area contributed by atoms with Crippen LogP contribution in [-0.4, -0.2) is 22.4 Å². The molecule has 0 radical (unpaired) electrons. The molecule has 2 aromatic rings. The van der Waals surface area contributed by atoms with Crippen molar-refractivity contribution in [1.29, 1.82) is 0 Å². The zero-order valence-electron chi connectivity index (χ0n) is 10.7. The van der Waals surface area contributed by atoms with E-state index in [1.165, 1.54) is 12.8 Å². The Morgan fingerprint density at radius 3 is 2.89 bits per heavy atom. The van der Waals surface area contributed by atoms with Crippen LogP contribution in [0.4, 0.5) is 5.95 Å². The van der Waals surface area contributed by atoms with E-state index in [0.29, 0.717) is 5.92 Å². The van der Waals surface area contributed by atoms with E-state index in [1.807, 2.05) is 24.3 Å². The molecule has 1 atom stereocenters. The number of rotatable bonds is 7. The number of alkyl halides is 1. The van der Waals surface area contributed by atoms with E-state index >= 15 is 0 Å². The van der Waals surface area contributed by atoms with Crippen LogP contribution in [0.15, 0.2) is 24.3 Å². The Balaban J connectivity index is 1.95. The molecular weight excluding hydrogens is 246 g/mol. The van der Waals surface area contributed by atoms with E-state index in [2.05, 4.69) is 22.2 Å². The number of anilines is 1. The molecule has 4 heteroatoms. The van der Waals surface area contributed by atoms with E-state index in [1.54, 1.807) is 0 Å². The number of nitrogens with one attached hydrogen (secondary N) is 2. The average Bonchev–Trinajstić information content (AvgIpc) is 2.79. The van der Waals surface area contributed by atoms with Crippen molar-refractivity contribution in [1.82, 2.24) is 9.97 Å². The second-order valence-electron chi connectivity index (χ2n) is 4.62. The molecule has 0 aliphatic carbocycles. The van der Waals surface area contributed by atoms with Crippen LogP contribution in [0.5, 0.6) is 0 Å². The summed E-state index contributed by atoms with van der Waals surface area (Å²) in [5, 5.41) is 3.38. The second kappa shape index (κ2) is 6.64. The molecule has 2 N–H and O–H groups in total. The van der Waals surface area contributed by atoms with Crippen LogP contribution in [0.25, 0.3) is 11.0 Å². The maximum absolute atomic E-state index is 5.83. The highest BCUT2D eigenvalue weighted by molar-refractivity contribution is 6.17. The highest BCUT2D eigenvalue weighted by atomic mass is 35.5. The fourth-order valence-electron chi connectivity index (χ4n) is 2.19. The number of nitrogens with zero attached hydrogens (tertiary/aromatic N) is 1. The van der Waals surface area contributed by atoms with Crippen molar-refractivity contribution in [2.45, 2.75) is 26.2 Å². The van der Waals surface area contributed by atoms with Gasteiger partial charge in [-0.3, -0.25) is 0 Å². The number of hydrogen-bond acceptors (Lipinski definition) is 2. The third-order valence-electron chi connectivity index (χ3n) is 3.16. The summed E-state index contributed by atoms with van der Waals surface area (Å²) >= 11 is 5.83. The molecule has 1 aromatic carbocycles. The molecule has 0 fully saturated rings. The lowest BCUT2D eigenvalue weighted by Crippen LogP contribution is -2.15. The third-order valence-corrected chi connectivity index (χ3v) is 3.38. The molecule has 3 nitrogen and oxygen atoms in total. The highest BCUT2D eigenvalue weighted by Crippen LogP contribution is 2.16. The molecule has 1 aromatic heterocycles. The summed E-state index contributed by atoms with van der Waals surface area (Å²) in [6.45, 7) is 3.14. The van der Waals surface area contributed by atoms with Crippen LogP contribution in [0.2, 0.25) is 0 Å². The van der Waals surface area contributed by atoms with Crippen molar-refractivity contribution in [2.75, 3.05) is 17.7 Å². The van der Waals surface area contributed by atoms with Crippen molar-refractivity contribution >= 4 is 28.6 Å². The van der Waals surface area contributed by atoms with Crippen LogP contribution in [0.1, 0.15) is 26.2 Å². The van der Waals surface area contributed by atoms with Gasteiger partial charge in [0.05, 0.1) is 11.0 Å². The van der Waals surface area contributed by atoms with E-state index in [9.17, 15) is 0 Å². The molecule has 0 aliphatic rings. The number of para-hydroxylation sites is 2. The maximum Gasteiger partial charge on any atom is 0.201 e. The number of aromatic nitrogens is 2. The fourth-order valence-corrected chi connectivity index (χ4v) is 2.50. The lowest BCUT2D eigenvalue weighted by molar-refractivity contribution is 0.489. The lowest BCUT2D eigenvalue weighted by atomic mass is 10.0. The Hall–Kier alpha value is -1.22. The summed E-state index contributed by atoms with van der Waals surface area (Å²) in [6, 6.07) is 8.06. The normalized spacial score (nSPS) is 12.8. The first-order valence-electron chi connectivity index (χ1n) is 6.58. The molecule has 1 unspecified atom stereocenters. The van der Waals surface area contributed by atoms with Gasteiger partial charge in [0.2, 0.25) is 5.95 Å². The van der Waals surface area contributed by atoms with Crippen molar-refractivity contribution < 1.29 is 0 Å². The quantitative estimate of drug-likeness (QED) is 0.743. The molecule has 0 saturated carbocycles. The number of hydrogen-bond donors (Lipinski definition) is 2. The Labute approximate surface area is 113 Å². The zero-order chi connectivity index (χ0) is 12.8. The smallest absolute Gasteiger partial charge is 0.201 e. The van der Waals surface area contributed by atoms with Crippen LogP contribution in [0.3, 0.4) is 0 Å². The lowest BCUT2D eigenvalue weighted by Gasteiger charge is -2.14. The van der Waals surface area contributed by atoms with Crippen molar-refractivity contribution in [2.24, 2.45) is 5.92 Å². The molecule has 2 rings (SSSR count). The molecular formula is C14H20ClN3. The molecule has 0 spiro atoms. The fraction of sp³-hybridized carbons (Fsp3) is 0.500. The van der Waals surface area contributed by atoms with E-state index < -0.39 is 0 Å². The minimum atomic E-state index is 0.626. The van der Waals surface area contributed by atoms with Crippen LogP contribution < -0.4 is 5.32 Å². The Kier molecular flexibility index (Phi) is 4.88. The van der Waals surface area contributed by atoms with Gasteiger partial charge in [0.1, 0.15) is 0 Å². The summed E-state index contributed by atoms with van der Waals surface area (Å²) in [4.78, 5) is 7.79. The maximum atomic E-state index is 5.83. The number of fused-ring (bicyclic) bond motifs is 1. The largest absolute Gasteiger partial charge is 0.356 e. The molecule has 98 valence electrons. The average molecular weight is 266 g/mol. The van der Waals surface area contributed by atoms with Crippen LogP contribution in [0, 0.1) is 5.92 Å².